The predicted octanol–water partition coefficient (Wildman–Crippen LogP) is 2.83. The molecule has 0 unspecified atom stereocenters. The van der Waals surface area contributed by atoms with Gasteiger partial charge in [-0.25, -0.2) is 0 Å². The molecule has 21 heavy (non-hydrogen) atoms. The van der Waals surface area contributed by atoms with Crippen LogP contribution >= 0.6 is 0 Å². The van der Waals surface area contributed by atoms with Crippen molar-refractivity contribution >= 4 is 5.97 Å². The summed E-state index contributed by atoms with van der Waals surface area (Å²) in [6.07, 6.45) is 4.92. The molecule has 1 heterocycles. The van der Waals surface area contributed by atoms with E-state index in [0.29, 0.717) is 13.0 Å². The Bertz CT molecular complexity index is 435. The van der Waals surface area contributed by atoms with Crippen LogP contribution in [-0.2, 0) is 4.79 Å². The minimum atomic E-state index is -0.749. The van der Waals surface area contributed by atoms with Gasteiger partial charge in [0.25, 0.3) is 0 Å². The van der Waals surface area contributed by atoms with Crippen LogP contribution in [0.4, 0.5) is 0 Å². The predicted molar refractivity (Wildman–Crippen MR) is 82.1 cm³/mol. The molecular weight excluding hydrogens is 266 g/mol. The molecule has 0 saturated carbocycles. The molecule has 2 rings (SSSR count). The molecule has 0 spiro atoms. The number of aliphatic hydroxyl groups excluding tert-OH is 1. The lowest BCUT2D eigenvalue weighted by molar-refractivity contribution is -0.137. The van der Waals surface area contributed by atoms with Crippen LogP contribution in [0.15, 0.2) is 30.3 Å². The molecule has 0 amide bonds. The number of likely N-dealkylation sites (tertiary alicyclic amines) is 1. The first kappa shape index (κ1) is 16.0. The van der Waals surface area contributed by atoms with Crippen LogP contribution in [0.25, 0.3) is 0 Å². The Morgan fingerprint density at radius 3 is 2.71 bits per heavy atom. The summed E-state index contributed by atoms with van der Waals surface area (Å²) in [4.78, 5) is 13.1. The Balaban J connectivity index is 1.97. The van der Waals surface area contributed by atoms with Gasteiger partial charge in [-0.2, -0.15) is 0 Å². The van der Waals surface area contributed by atoms with Gasteiger partial charge in [0.15, 0.2) is 0 Å². The molecule has 116 valence electrons. The largest absolute Gasteiger partial charge is 0.481 e. The van der Waals surface area contributed by atoms with E-state index in [1.54, 1.807) is 0 Å². The van der Waals surface area contributed by atoms with E-state index >= 15 is 0 Å². The normalized spacial score (nSPS) is 21.7. The van der Waals surface area contributed by atoms with E-state index in [1.165, 1.54) is 6.42 Å². The van der Waals surface area contributed by atoms with Gasteiger partial charge in [0.2, 0.25) is 0 Å². The molecule has 2 atom stereocenters. The van der Waals surface area contributed by atoms with E-state index < -0.39 is 12.1 Å². The number of carboxylic acids is 1. The van der Waals surface area contributed by atoms with Crippen molar-refractivity contribution in [2.75, 3.05) is 13.1 Å². The Kier molecular flexibility index (Phi) is 6.21. The average Bonchev–Trinajstić information content (AvgIpc) is 2.71. The Labute approximate surface area is 126 Å². The van der Waals surface area contributed by atoms with E-state index in [4.69, 9.17) is 5.11 Å². The fourth-order valence-electron chi connectivity index (χ4n) is 3.11. The third-order valence-electron chi connectivity index (χ3n) is 4.29. The number of aliphatic carboxylic acids is 1. The van der Waals surface area contributed by atoms with E-state index in [2.05, 4.69) is 4.90 Å². The molecule has 4 nitrogen and oxygen atoms in total. The molecule has 0 radical (unpaired) electrons. The smallest absolute Gasteiger partial charge is 0.304 e. The summed E-state index contributed by atoms with van der Waals surface area (Å²) >= 11 is 0. The van der Waals surface area contributed by atoms with Crippen LogP contribution in [0.2, 0.25) is 0 Å². The van der Waals surface area contributed by atoms with Crippen molar-refractivity contribution in [1.29, 1.82) is 0 Å². The lowest BCUT2D eigenvalue weighted by Gasteiger charge is -2.31. The van der Waals surface area contributed by atoms with Crippen LogP contribution in [0.5, 0.6) is 0 Å². The summed E-state index contributed by atoms with van der Waals surface area (Å²) in [5.41, 5.74) is 0.944. The SMILES string of the molecule is O=C(O)CCN1CCCCC[C@@H]1C[C@@H](O)c1ccccc1. The number of aliphatic hydroxyl groups is 1. The van der Waals surface area contributed by atoms with Gasteiger partial charge < -0.3 is 10.2 Å². The maximum absolute atomic E-state index is 10.8. The van der Waals surface area contributed by atoms with Gasteiger partial charge in [0.05, 0.1) is 12.5 Å². The first-order valence-electron chi connectivity index (χ1n) is 7.85. The molecule has 4 heteroatoms. The van der Waals surface area contributed by atoms with Crippen LogP contribution in [0.1, 0.15) is 50.2 Å². The summed E-state index contributed by atoms with van der Waals surface area (Å²) in [5.74, 6) is -0.749. The third kappa shape index (κ3) is 5.14. The van der Waals surface area contributed by atoms with Crippen LogP contribution in [0, 0.1) is 0 Å². The first-order valence-corrected chi connectivity index (χ1v) is 7.85. The van der Waals surface area contributed by atoms with E-state index in [-0.39, 0.29) is 12.5 Å². The molecule has 1 fully saturated rings. The van der Waals surface area contributed by atoms with Crippen molar-refractivity contribution in [3.8, 4) is 0 Å². The van der Waals surface area contributed by atoms with Gasteiger partial charge in [-0.05, 0) is 31.4 Å². The lowest BCUT2D eigenvalue weighted by Crippen LogP contribution is -2.37. The number of carbonyl (C=O) groups is 1. The second kappa shape index (κ2) is 8.15. The molecule has 1 aromatic carbocycles. The molecule has 2 N–H and O–H groups in total. The Morgan fingerprint density at radius 1 is 1.24 bits per heavy atom. The number of carboxylic acid groups (broad SMARTS) is 1. The quantitative estimate of drug-likeness (QED) is 0.846. The topological polar surface area (TPSA) is 60.8 Å². The highest BCUT2D eigenvalue weighted by atomic mass is 16.4. The van der Waals surface area contributed by atoms with Gasteiger partial charge >= 0.3 is 5.97 Å². The number of hydrogen-bond acceptors (Lipinski definition) is 3. The van der Waals surface area contributed by atoms with E-state index in [1.807, 2.05) is 30.3 Å². The number of hydrogen-bond donors (Lipinski definition) is 2. The zero-order valence-corrected chi connectivity index (χ0v) is 12.4. The maximum Gasteiger partial charge on any atom is 0.304 e. The minimum absolute atomic E-state index is 0.179. The summed E-state index contributed by atoms with van der Waals surface area (Å²) in [6, 6.07) is 10.00. The second-order valence-corrected chi connectivity index (χ2v) is 5.85. The molecular formula is C17H25NO3. The fourth-order valence-corrected chi connectivity index (χ4v) is 3.11. The number of rotatable bonds is 6. The lowest BCUT2D eigenvalue weighted by atomic mass is 9.98. The highest BCUT2D eigenvalue weighted by Crippen LogP contribution is 2.26. The van der Waals surface area contributed by atoms with Gasteiger partial charge in [0, 0.05) is 12.6 Å². The van der Waals surface area contributed by atoms with Crippen molar-refractivity contribution in [1.82, 2.24) is 4.90 Å². The first-order chi connectivity index (χ1) is 10.2. The van der Waals surface area contributed by atoms with E-state index in [0.717, 1.165) is 31.4 Å². The molecule has 0 aliphatic carbocycles. The molecule has 1 aliphatic rings. The van der Waals surface area contributed by atoms with Crippen molar-refractivity contribution in [3.63, 3.8) is 0 Å². The number of benzene rings is 1. The number of nitrogens with zero attached hydrogens (tertiary/aromatic N) is 1. The fraction of sp³-hybridized carbons (Fsp3) is 0.588. The summed E-state index contributed by atoms with van der Waals surface area (Å²) in [6.45, 7) is 1.53. The molecule has 1 saturated heterocycles. The molecule has 1 aromatic rings. The standard InChI is InChI=1S/C17H25NO3/c19-16(14-7-3-1-4-8-14)13-15-9-5-2-6-11-18(15)12-10-17(20)21/h1,3-4,7-8,15-16,19H,2,5-6,9-13H2,(H,20,21)/t15-,16-/m1/s1. The summed E-state index contributed by atoms with van der Waals surface area (Å²) in [7, 11) is 0. The van der Waals surface area contributed by atoms with Crippen LogP contribution in [-0.4, -0.2) is 40.2 Å². The van der Waals surface area contributed by atoms with Crippen LogP contribution in [0.3, 0.4) is 0 Å². The minimum Gasteiger partial charge on any atom is -0.481 e. The van der Waals surface area contributed by atoms with Gasteiger partial charge in [-0.3, -0.25) is 9.69 Å². The highest BCUT2D eigenvalue weighted by Gasteiger charge is 2.24. The zero-order valence-electron chi connectivity index (χ0n) is 12.4. The van der Waals surface area contributed by atoms with Crippen molar-refractivity contribution in [2.45, 2.75) is 50.7 Å². The molecule has 0 aromatic heterocycles. The van der Waals surface area contributed by atoms with Crippen molar-refractivity contribution in [2.24, 2.45) is 0 Å². The third-order valence-corrected chi connectivity index (χ3v) is 4.29. The maximum atomic E-state index is 10.8. The van der Waals surface area contributed by atoms with Crippen molar-refractivity contribution < 1.29 is 15.0 Å². The molecule has 1 aliphatic heterocycles. The van der Waals surface area contributed by atoms with Crippen molar-refractivity contribution in [3.05, 3.63) is 35.9 Å². The average molecular weight is 291 g/mol. The Morgan fingerprint density at radius 2 is 2.00 bits per heavy atom. The highest BCUT2D eigenvalue weighted by molar-refractivity contribution is 5.66. The zero-order chi connectivity index (χ0) is 15.1. The second-order valence-electron chi connectivity index (χ2n) is 5.85. The summed E-state index contributed by atoms with van der Waals surface area (Å²) < 4.78 is 0. The Hall–Kier alpha value is -1.39. The monoisotopic (exact) mass is 291 g/mol. The molecule has 0 bridgehead atoms. The van der Waals surface area contributed by atoms with Gasteiger partial charge in [-0.15, -0.1) is 0 Å². The van der Waals surface area contributed by atoms with Crippen LogP contribution < -0.4 is 0 Å². The van der Waals surface area contributed by atoms with Gasteiger partial charge in [-0.1, -0.05) is 43.2 Å². The van der Waals surface area contributed by atoms with Gasteiger partial charge in [0.1, 0.15) is 0 Å². The summed E-state index contributed by atoms with van der Waals surface area (Å²) in [5, 5.41) is 19.3. The van der Waals surface area contributed by atoms with E-state index in [9.17, 15) is 9.90 Å².